The molecule has 0 aromatic rings. The monoisotopic (exact) mass is 198 g/mol. The van der Waals surface area contributed by atoms with Gasteiger partial charge in [0.05, 0.1) is 6.10 Å². The zero-order valence-electron chi connectivity index (χ0n) is 8.93. The summed E-state index contributed by atoms with van der Waals surface area (Å²) in [5.41, 5.74) is 3.17. The summed E-state index contributed by atoms with van der Waals surface area (Å²) in [5, 5.41) is 3.38. The quantitative estimate of drug-likeness (QED) is 0.671. The summed E-state index contributed by atoms with van der Waals surface area (Å²) >= 11 is 0. The highest BCUT2D eigenvalue weighted by atomic mass is 16.7. The Morgan fingerprint density at radius 3 is 2.50 bits per heavy atom. The summed E-state index contributed by atoms with van der Waals surface area (Å²) in [6.45, 7) is 3.39. The smallest absolute Gasteiger partial charge is 0.0790 e. The molecule has 0 aromatic heterocycles. The van der Waals surface area contributed by atoms with Gasteiger partial charge in [0.1, 0.15) is 0 Å². The highest BCUT2D eigenvalue weighted by Crippen LogP contribution is 2.20. The summed E-state index contributed by atoms with van der Waals surface area (Å²) in [7, 11) is 0. The third-order valence-electron chi connectivity index (χ3n) is 3.38. The van der Waals surface area contributed by atoms with Gasteiger partial charge in [-0.15, -0.1) is 0 Å². The lowest BCUT2D eigenvalue weighted by Crippen LogP contribution is -2.34. The van der Waals surface area contributed by atoms with Gasteiger partial charge in [0, 0.05) is 6.54 Å². The third-order valence-corrected chi connectivity index (χ3v) is 3.38. The molecule has 14 heavy (non-hydrogen) atoms. The van der Waals surface area contributed by atoms with E-state index in [0.717, 1.165) is 12.5 Å². The van der Waals surface area contributed by atoms with Gasteiger partial charge < -0.3 is 5.32 Å². The minimum atomic E-state index is 0.497. The largest absolute Gasteiger partial charge is 0.317 e. The van der Waals surface area contributed by atoms with Gasteiger partial charge in [-0.2, -0.15) is 0 Å². The highest BCUT2D eigenvalue weighted by molar-refractivity contribution is 4.70. The Morgan fingerprint density at radius 2 is 1.79 bits per heavy atom. The van der Waals surface area contributed by atoms with E-state index in [2.05, 4.69) is 10.8 Å². The van der Waals surface area contributed by atoms with E-state index in [9.17, 15) is 0 Å². The zero-order valence-corrected chi connectivity index (χ0v) is 8.93. The van der Waals surface area contributed by atoms with Crippen molar-refractivity contribution in [3.8, 4) is 0 Å². The normalized spacial score (nSPS) is 25.7. The molecule has 1 saturated heterocycles. The molecule has 0 amide bonds. The maximum Gasteiger partial charge on any atom is 0.0790 e. The Bertz CT molecular complexity index is 151. The predicted molar refractivity (Wildman–Crippen MR) is 56.9 cm³/mol. The fourth-order valence-corrected chi connectivity index (χ4v) is 2.38. The molecule has 2 aliphatic rings. The van der Waals surface area contributed by atoms with Crippen molar-refractivity contribution in [3.05, 3.63) is 0 Å². The van der Waals surface area contributed by atoms with Gasteiger partial charge in [-0.25, -0.2) is 5.48 Å². The molecule has 1 aliphatic carbocycles. The van der Waals surface area contributed by atoms with E-state index in [4.69, 9.17) is 4.84 Å². The van der Waals surface area contributed by atoms with Crippen molar-refractivity contribution in [1.82, 2.24) is 10.8 Å². The Balaban J connectivity index is 1.52. The molecule has 1 heterocycles. The number of rotatable bonds is 4. The van der Waals surface area contributed by atoms with E-state index in [1.165, 1.54) is 51.6 Å². The molecule has 2 N–H and O–H groups in total. The van der Waals surface area contributed by atoms with Crippen molar-refractivity contribution in [2.24, 2.45) is 5.92 Å². The van der Waals surface area contributed by atoms with Crippen molar-refractivity contribution in [3.63, 3.8) is 0 Å². The molecule has 0 bridgehead atoms. The van der Waals surface area contributed by atoms with Gasteiger partial charge in [-0.1, -0.05) is 12.8 Å². The number of nitrogens with one attached hydrogen (secondary N) is 2. The van der Waals surface area contributed by atoms with Crippen LogP contribution in [0.3, 0.4) is 0 Å². The van der Waals surface area contributed by atoms with Gasteiger partial charge in [0.2, 0.25) is 0 Å². The maximum absolute atomic E-state index is 5.64. The van der Waals surface area contributed by atoms with Crippen molar-refractivity contribution in [2.45, 2.75) is 44.6 Å². The lowest BCUT2D eigenvalue weighted by molar-refractivity contribution is -0.0282. The second kappa shape index (κ2) is 5.69. The molecule has 0 radical (unpaired) electrons. The van der Waals surface area contributed by atoms with Crippen molar-refractivity contribution in [2.75, 3.05) is 19.6 Å². The first-order valence-electron chi connectivity index (χ1n) is 6.04. The van der Waals surface area contributed by atoms with Crippen molar-refractivity contribution in [1.29, 1.82) is 0 Å². The van der Waals surface area contributed by atoms with Crippen molar-refractivity contribution >= 4 is 0 Å². The summed E-state index contributed by atoms with van der Waals surface area (Å²) in [4.78, 5) is 5.64. The van der Waals surface area contributed by atoms with E-state index in [1.54, 1.807) is 0 Å². The molecule has 0 aromatic carbocycles. The van der Waals surface area contributed by atoms with E-state index in [1.807, 2.05) is 0 Å². The molecule has 82 valence electrons. The highest BCUT2D eigenvalue weighted by Gasteiger charge is 2.17. The van der Waals surface area contributed by atoms with Crippen LogP contribution in [-0.4, -0.2) is 25.7 Å². The predicted octanol–water partition coefficient (Wildman–Crippen LogP) is 1.45. The van der Waals surface area contributed by atoms with Crippen LogP contribution in [-0.2, 0) is 4.84 Å². The van der Waals surface area contributed by atoms with Crippen LogP contribution >= 0.6 is 0 Å². The molecule has 0 spiro atoms. The fraction of sp³-hybridized carbons (Fsp3) is 1.00. The van der Waals surface area contributed by atoms with Gasteiger partial charge in [0.25, 0.3) is 0 Å². The van der Waals surface area contributed by atoms with Gasteiger partial charge >= 0.3 is 0 Å². The summed E-state index contributed by atoms with van der Waals surface area (Å²) in [6.07, 6.45) is 8.27. The molecule has 1 saturated carbocycles. The van der Waals surface area contributed by atoms with Crippen LogP contribution in [0.2, 0.25) is 0 Å². The number of hydrogen-bond acceptors (Lipinski definition) is 3. The average molecular weight is 198 g/mol. The standard InChI is InChI=1S/C11H22N2O/c1-2-4-11(3-1)14-13-9-10-5-7-12-8-6-10/h10-13H,1-9H2. The zero-order chi connectivity index (χ0) is 9.64. The van der Waals surface area contributed by atoms with Crippen LogP contribution < -0.4 is 10.8 Å². The molecular formula is C11H22N2O. The van der Waals surface area contributed by atoms with Gasteiger partial charge in [-0.05, 0) is 44.7 Å². The van der Waals surface area contributed by atoms with E-state index >= 15 is 0 Å². The number of piperidine rings is 1. The van der Waals surface area contributed by atoms with Crippen LogP contribution in [0.5, 0.6) is 0 Å². The van der Waals surface area contributed by atoms with Crippen LogP contribution in [0.1, 0.15) is 38.5 Å². The molecule has 3 nitrogen and oxygen atoms in total. The topological polar surface area (TPSA) is 33.3 Å². The molecule has 0 atom stereocenters. The fourth-order valence-electron chi connectivity index (χ4n) is 2.38. The summed E-state index contributed by atoms with van der Waals surface area (Å²) < 4.78 is 0. The van der Waals surface area contributed by atoms with Gasteiger partial charge in [0.15, 0.2) is 0 Å². The van der Waals surface area contributed by atoms with Crippen LogP contribution in [0.25, 0.3) is 0 Å². The second-order valence-electron chi connectivity index (χ2n) is 4.57. The minimum absolute atomic E-state index is 0.497. The summed E-state index contributed by atoms with van der Waals surface area (Å²) in [6, 6.07) is 0. The average Bonchev–Trinajstić information content (AvgIpc) is 2.72. The first-order chi connectivity index (χ1) is 6.95. The molecule has 2 rings (SSSR count). The molecular weight excluding hydrogens is 176 g/mol. The summed E-state index contributed by atoms with van der Waals surface area (Å²) in [5.74, 6) is 0.817. The number of hydroxylamine groups is 1. The Kier molecular flexibility index (Phi) is 4.22. The van der Waals surface area contributed by atoms with E-state index < -0.39 is 0 Å². The van der Waals surface area contributed by atoms with Gasteiger partial charge in [-0.3, -0.25) is 4.84 Å². The lowest BCUT2D eigenvalue weighted by Gasteiger charge is -2.23. The Hall–Kier alpha value is -0.120. The third kappa shape index (κ3) is 3.23. The maximum atomic E-state index is 5.64. The van der Waals surface area contributed by atoms with Crippen LogP contribution in [0, 0.1) is 5.92 Å². The van der Waals surface area contributed by atoms with E-state index in [-0.39, 0.29) is 0 Å². The molecule has 3 heteroatoms. The Labute approximate surface area is 86.5 Å². The SMILES string of the molecule is C1CCC(ONCC2CCNCC2)C1. The molecule has 0 unspecified atom stereocenters. The first-order valence-corrected chi connectivity index (χ1v) is 6.04. The van der Waals surface area contributed by atoms with Crippen molar-refractivity contribution < 1.29 is 4.84 Å². The molecule has 2 fully saturated rings. The van der Waals surface area contributed by atoms with Crippen LogP contribution in [0.4, 0.5) is 0 Å². The minimum Gasteiger partial charge on any atom is -0.317 e. The molecule has 1 aliphatic heterocycles. The Morgan fingerprint density at radius 1 is 1.07 bits per heavy atom. The lowest BCUT2D eigenvalue weighted by atomic mass is 9.99. The van der Waals surface area contributed by atoms with Crippen LogP contribution in [0.15, 0.2) is 0 Å². The number of hydrogen-bond donors (Lipinski definition) is 2. The van der Waals surface area contributed by atoms with E-state index in [0.29, 0.717) is 6.10 Å². The second-order valence-corrected chi connectivity index (χ2v) is 4.57. The first kappa shape index (κ1) is 10.4.